The lowest BCUT2D eigenvalue weighted by Crippen LogP contribution is -1.97. The summed E-state index contributed by atoms with van der Waals surface area (Å²) >= 11 is 3.16. The molecule has 1 aromatic heterocycles. The predicted octanol–water partition coefficient (Wildman–Crippen LogP) is 3.82. The first-order valence-electron chi connectivity index (χ1n) is 4.90. The van der Waals surface area contributed by atoms with Crippen molar-refractivity contribution in [3.05, 3.63) is 56.7 Å². The summed E-state index contributed by atoms with van der Waals surface area (Å²) in [4.78, 5) is 13.2. The number of rotatable bonds is 3. The Hall–Kier alpha value is -2.09. The maximum Gasteiger partial charge on any atom is 0.307 e. The number of hydrogen-bond acceptors (Lipinski definition) is 4. The van der Waals surface area contributed by atoms with E-state index in [4.69, 9.17) is 4.74 Å². The van der Waals surface area contributed by atoms with Gasteiger partial charge in [-0.15, -0.1) is 0 Å². The van der Waals surface area contributed by atoms with Gasteiger partial charge in [0.1, 0.15) is 0 Å². The third kappa shape index (κ3) is 3.02. The normalized spacial score (nSPS) is 10.3. The number of nitrogens with zero attached hydrogens (tertiary/aromatic N) is 2. The van der Waals surface area contributed by atoms with E-state index in [1.165, 1.54) is 12.3 Å². The lowest BCUT2D eigenvalue weighted by atomic mass is 10.3. The molecule has 2 rings (SSSR count). The van der Waals surface area contributed by atoms with Gasteiger partial charge in [0.25, 0.3) is 0 Å². The van der Waals surface area contributed by atoms with E-state index < -0.39 is 28.0 Å². The number of nitro groups is 1. The van der Waals surface area contributed by atoms with Crippen molar-refractivity contribution in [1.29, 1.82) is 0 Å². The van der Waals surface area contributed by atoms with Crippen molar-refractivity contribution >= 4 is 21.6 Å². The first kappa shape index (κ1) is 13.3. The first-order chi connectivity index (χ1) is 8.97. The lowest BCUT2D eigenvalue weighted by molar-refractivity contribution is -0.387. The smallest absolute Gasteiger partial charge is 0.307 e. The summed E-state index contributed by atoms with van der Waals surface area (Å²) < 4.78 is 32.6. The third-order valence-electron chi connectivity index (χ3n) is 2.11. The summed E-state index contributed by atoms with van der Waals surface area (Å²) in [7, 11) is 0. The Morgan fingerprint density at radius 2 is 2.00 bits per heavy atom. The van der Waals surface area contributed by atoms with Crippen LogP contribution in [0.2, 0.25) is 0 Å². The maximum atomic E-state index is 13.5. The Morgan fingerprint density at radius 3 is 2.58 bits per heavy atom. The van der Waals surface area contributed by atoms with Crippen LogP contribution in [-0.4, -0.2) is 9.91 Å². The topological polar surface area (TPSA) is 65.3 Å². The second kappa shape index (κ2) is 5.27. The third-order valence-corrected chi connectivity index (χ3v) is 2.58. The number of hydrogen-bond donors (Lipinski definition) is 0. The highest BCUT2D eigenvalue weighted by Gasteiger charge is 2.19. The van der Waals surface area contributed by atoms with Crippen LogP contribution in [0.15, 0.2) is 34.9 Å². The molecule has 0 fully saturated rings. The molecule has 1 aromatic carbocycles. The second-order valence-electron chi connectivity index (χ2n) is 3.41. The van der Waals surface area contributed by atoms with Gasteiger partial charge >= 0.3 is 5.69 Å². The fraction of sp³-hybridized carbons (Fsp3) is 0. The zero-order chi connectivity index (χ0) is 14.0. The molecule has 2 aromatic rings. The average molecular weight is 331 g/mol. The summed E-state index contributed by atoms with van der Waals surface area (Å²) in [6.07, 6.45) is 1.41. The SMILES string of the molecule is O=[N+]([O-])c1cc(F)c(Oc2ccc(Br)cn2)cc1F. The molecule has 19 heavy (non-hydrogen) atoms. The number of halogens is 3. The largest absolute Gasteiger partial charge is 0.436 e. The van der Waals surface area contributed by atoms with Gasteiger partial charge in [-0.05, 0) is 22.0 Å². The van der Waals surface area contributed by atoms with E-state index in [2.05, 4.69) is 20.9 Å². The summed E-state index contributed by atoms with van der Waals surface area (Å²) in [5, 5.41) is 10.4. The summed E-state index contributed by atoms with van der Waals surface area (Å²) in [6, 6.07) is 4.10. The quantitative estimate of drug-likeness (QED) is 0.633. The minimum Gasteiger partial charge on any atom is -0.436 e. The monoisotopic (exact) mass is 330 g/mol. The minimum absolute atomic E-state index is 0.0374. The molecule has 0 N–H and O–H groups in total. The predicted molar refractivity (Wildman–Crippen MR) is 65.0 cm³/mol. The highest BCUT2D eigenvalue weighted by molar-refractivity contribution is 9.10. The molecule has 0 aliphatic rings. The van der Waals surface area contributed by atoms with Gasteiger partial charge in [-0.25, -0.2) is 9.37 Å². The molecule has 0 radical (unpaired) electrons. The average Bonchev–Trinajstić information content (AvgIpc) is 2.35. The number of aromatic nitrogens is 1. The highest BCUT2D eigenvalue weighted by atomic mass is 79.9. The first-order valence-corrected chi connectivity index (χ1v) is 5.69. The molecule has 0 atom stereocenters. The van der Waals surface area contributed by atoms with Gasteiger partial charge in [-0.2, -0.15) is 4.39 Å². The number of benzene rings is 1. The minimum atomic E-state index is -1.18. The Balaban J connectivity index is 2.33. The zero-order valence-corrected chi connectivity index (χ0v) is 10.7. The van der Waals surface area contributed by atoms with E-state index in [-0.39, 0.29) is 5.88 Å². The molecule has 0 amide bonds. The molecule has 1 heterocycles. The highest BCUT2D eigenvalue weighted by Crippen LogP contribution is 2.29. The van der Waals surface area contributed by atoms with E-state index in [9.17, 15) is 18.9 Å². The van der Waals surface area contributed by atoms with Crippen molar-refractivity contribution in [1.82, 2.24) is 4.98 Å². The van der Waals surface area contributed by atoms with E-state index in [0.29, 0.717) is 16.6 Å². The van der Waals surface area contributed by atoms with E-state index in [1.807, 2.05) is 0 Å². The van der Waals surface area contributed by atoms with Crippen molar-refractivity contribution in [2.24, 2.45) is 0 Å². The van der Waals surface area contributed by atoms with Gasteiger partial charge < -0.3 is 4.74 Å². The second-order valence-corrected chi connectivity index (χ2v) is 4.32. The van der Waals surface area contributed by atoms with Gasteiger partial charge in [0.2, 0.25) is 11.7 Å². The van der Waals surface area contributed by atoms with Crippen LogP contribution in [0.3, 0.4) is 0 Å². The molecule has 0 saturated carbocycles. The Morgan fingerprint density at radius 1 is 1.26 bits per heavy atom. The van der Waals surface area contributed by atoms with Crippen LogP contribution in [0.4, 0.5) is 14.5 Å². The van der Waals surface area contributed by atoms with Gasteiger partial charge in [0.15, 0.2) is 11.6 Å². The fourth-order valence-corrected chi connectivity index (χ4v) is 1.51. The van der Waals surface area contributed by atoms with E-state index in [1.54, 1.807) is 6.07 Å². The standard InChI is InChI=1S/C11H5BrF2N2O3/c12-6-1-2-11(15-5-6)19-10-4-7(13)9(16(17)18)3-8(10)14/h1-5H. The van der Waals surface area contributed by atoms with Crippen molar-refractivity contribution in [2.45, 2.75) is 0 Å². The summed E-state index contributed by atoms with van der Waals surface area (Å²) in [5.74, 6) is -2.66. The molecule has 8 heteroatoms. The van der Waals surface area contributed by atoms with Gasteiger partial charge in [0, 0.05) is 22.8 Å². The Bertz CT molecular complexity index is 635. The molecular formula is C11H5BrF2N2O3. The molecule has 0 aliphatic carbocycles. The Labute approximate surface area is 114 Å². The van der Waals surface area contributed by atoms with Crippen LogP contribution >= 0.6 is 15.9 Å². The molecule has 5 nitrogen and oxygen atoms in total. The van der Waals surface area contributed by atoms with Crippen LogP contribution in [0.1, 0.15) is 0 Å². The van der Waals surface area contributed by atoms with E-state index in [0.717, 1.165) is 0 Å². The van der Waals surface area contributed by atoms with Crippen molar-refractivity contribution in [3.63, 3.8) is 0 Å². The van der Waals surface area contributed by atoms with Crippen LogP contribution in [0.25, 0.3) is 0 Å². The molecule has 0 bridgehead atoms. The summed E-state index contributed by atoms with van der Waals surface area (Å²) in [6.45, 7) is 0. The Kier molecular flexibility index (Phi) is 3.70. The van der Waals surface area contributed by atoms with Crippen molar-refractivity contribution < 1.29 is 18.4 Å². The lowest BCUT2D eigenvalue weighted by Gasteiger charge is -2.06. The molecular weight excluding hydrogens is 326 g/mol. The zero-order valence-electron chi connectivity index (χ0n) is 9.14. The van der Waals surface area contributed by atoms with Crippen LogP contribution in [0, 0.1) is 21.7 Å². The molecule has 98 valence electrons. The van der Waals surface area contributed by atoms with Gasteiger partial charge in [0.05, 0.1) is 11.0 Å². The van der Waals surface area contributed by atoms with Crippen LogP contribution in [-0.2, 0) is 0 Å². The van der Waals surface area contributed by atoms with Gasteiger partial charge in [-0.1, -0.05) is 0 Å². The number of pyridine rings is 1. The molecule has 0 unspecified atom stereocenters. The van der Waals surface area contributed by atoms with E-state index >= 15 is 0 Å². The maximum absolute atomic E-state index is 13.5. The van der Waals surface area contributed by atoms with Crippen molar-refractivity contribution in [2.75, 3.05) is 0 Å². The summed E-state index contributed by atoms with van der Waals surface area (Å²) in [5.41, 5.74) is -0.950. The fourth-order valence-electron chi connectivity index (χ4n) is 1.27. The van der Waals surface area contributed by atoms with Crippen LogP contribution < -0.4 is 4.74 Å². The van der Waals surface area contributed by atoms with Gasteiger partial charge in [-0.3, -0.25) is 10.1 Å². The molecule has 0 spiro atoms. The number of ether oxygens (including phenoxy) is 1. The van der Waals surface area contributed by atoms with Crippen LogP contribution in [0.5, 0.6) is 11.6 Å². The van der Waals surface area contributed by atoms with Crippen molar-refractivity contribution in [3.8, 4) is 11.6 Å². The molecule has 0 saturated heterocycles. The number of nitro benzene ring substituents is 1. The molecule has 0 aliphatic heterocycles.